The number of carbonyl (C=O) groups excluding carboxylic acids is 1. The van der Waals surface area contributed by atoms with Gasteiger partial charge in [-0.15, -0.1) is 0 Å². The highest BCUT2D eigenvalue weighted by Crippen LogP contribution is 2.23. The van der Waals surface area contributed by atoms with Crippen molar-refractivity contribution in [1.82, 2.24) is 4.57 Å². The number of aromatic nitrogens is 1. The summed E-state index contributed by atoms with van der Waals surface area (Å²) in [5.41, 5.74) is 0.284. The van der Waals surface area contributed by atoms with E-state index in [1.165, 1.54) is 17.7 Å². The molecule has 19 heavy (non-hydrogen) atoms. The van der Waals surface area contributed by atoms with Gasteiger partial charge in [-0.3, -0.25) is 9.59 Å². The molecule has 5 heteroatoms. The average molecular weight is 258 g/mol. The summed E-state index contributed by atoms with van der Waals surface area (Å²) >= 11 is 0. The SMILES string of the molecule is COc1ccccc1NC(=O)c1cccn(C)c1=O. The number of nitrogens with one attached hydrogen (secondary N) is 1. The van der Waals surface area contributed by atoms with Crippen molar-refractivity contribution in [2.45, 2.75) is 0 Å². The third kappa shape index (κ3) is 2.65. The lowest BCUT2D eigenvalue weighted by atomic mass is 10.2. The Hall–Kier alpha value is -2.56. The molecule has 1 aromatic heterocycles. The van der Waals surface area contributed by atoms with Crippen molar-refractivity contribution in [2.24, 2.45) is 7.05 Å². The number of anilines is 1. The van der Waals surface area contributed by atoms with Crippen molar-refractivity contribution in [3.8, 4) is 5.75 Å². The van der Waals surface area contributed by atoms with Crippen LogP contribution in [0.1, 0.15) is 10.4 Å². The Balaban J connectivity index is 2.31. The predicted molar refractivity (Wildman–Crippen MR) is 72.6 cm³/mol. The quantitative estimate of drug-likeness (QED) is 0.910. The van der Waals surface area contributed by atoms with E-state index in [0.717, 1.165) is 0 Å². The van der Waals surface area contributed by atoms with Gasteiger partial charge in [0.1, 0.15) is 11.3 Å². The van der Waals surface area contributed by atoms with Gasteiger partial charge in [-0.05, 0) is 24.3 Å². The van der Waals surface area contributed by atoms with Gasteiger partial charge in [0.05, 0.1) is 12.8 Å². The summed E-state index contributed by atoms with van der Waals surface area (Å²) in [5, 5.41) is 2.67. The first kappa shape index (κ1) is 12.9. The molecule has 0 fully saturated rings. The second-order valence-electron chi connectivity index (χ2n) is 3.99. The molecule has 1 amide bonds. The fourth-order valence-electron chi connectivity index (χ4n) is 1.71. The molecular weight excluding hydrogens is 244 g/mol. The van der Waals surface area contributed by atoms with Crippen LogP contribution in [0.5, 0.6) is 5.75 Å². The van der Waals surface area contributed by atoms with Crippen molar-refractivity contribution >= 4 is 11.6 Å². The van der Waals surface area contributed by atoms with Crippen LogP contribution in [0.25, 0.3) is 0 Å². The van der Waals surface area contributed by atoms with E-state index in [4.69, 9.17) is 4.74 Å². The number of hydrogen-bond acceptors (Lipinski definition) is 3. The summed E-state index contributed by atoms with van der Waals surface area (Å²) in [6, 6.07) is 10.2. The summed E-state index contributed by atoms with van der Waals surface area (Å²) < 4.78 is 6.50. The molecule has 0 radical (unpaired) electrons. The molecule has 0 aliphatic rings. The van der Waals surface area contributed by atoms with E-state index < -0.39 is 5.91 Å². The van der Waals surface area contributed by atoms with Crippen molar-refractivity contribution in [2.75, 3.05) is 12.4 Å². The number of pyridine rings is 1. The van der Waals surface area contributed by atoms with Crippen molar-refractivity contribution in [3.63, 3.8) is 0 Å². The number of nitrogens with zero attached hydrogens (tertiary/aromatic N) is 1. The molecule has 2 aromatic rings. The highest BCUT2D eigenvalue weighted by molar-refractivity contribution is 6.04. The first-order valence-electron chi connectivity index (χ1n) is 5.73. The predicted octanol–water partition coefficient (Wildman–Crippen LogP) is 1.65. The van der Waals surface area contributed by atoms with E-state index in [9.17, 15) is 9.59 Å². The molecule has 5 nitrogen and oxygen atoms in total. The fraction of sp³-hybridized carbons (Fsp3) is 0.143. The first-order valence-corrected chi connectivity index (χ1v) is 5.73. The van der Waals surface area contributed by atoms with Crippen molar-refractivity contribution < 1.29 is 9.53 Å². The number of benzene rings is 1. The Morgan fingerprint density at radius 2 is 1.95 bits per heavy atom. The molecule has 1 heterocycles. The van der Waals surface area contributed by atoms with Gasteiger partial charge >= 0.3 is 0 Å². The van der Waals surface area contributed by atoms with Crippen molar-refractivity contribution in [3.05, 3.63) is 58.5 Å². The van der Waals surface area contributed by atoms with E-state index in [1.807, 2.05) is 0 Å². The first-order chi connectivity index (χ1) is 9.13. The number of carbonyl (C=O) groups is 1. The number of ether oxygens (including phenoxy) is 1. The fourth-order valence-corrected chi connectivity index (χ4v) is 1.71. The lowest BCUT2D eigenvalue weighted by molar-refractivity contribution is 0.102. The minimum atomic E-state index is -0.453. The van der Waals surface area contributed by atoms with Gasteiger partial charge in [0.15, 0.2) is 0 Å². The molecule has 0 atom stereocenters. The van der Waals surface area contributed by atoms with Crippen LogP contribution in [-0.2, 0) is 7.05 Å². The maximum atomic E-state index is 12.1. The van der Waals surface area contributed by atoms with Crippen LogP contribution < -0.4 is 15.6 Å². The lowest BCUT2D eigenvalue weighted by Gasteiger charge is -2.09. The number of methoxy groups -OCH3 is 1. The summed E-state index contributed by atoms with van der Waals surface area (Å²) in [6.07, 6.45) is 1.60. The Kier molecular flexibility index (Phi) is 3.66. The van der Waals surface area contributed by atoms with Crippen LogP contribution >= 0.6 is 0 Å². The summed E-state index contributed by atoms with van der Waals surface area (Å²) in [5.74, 6) is 0.0919. The van der Waals surface area contributed by atoms with E-state index in [-0.39, 0.29) is 11.1 Å². The molecule has 0 aliphatic carbocycles. The molecule has 0 spiro atoms. The summed E-state index contributed by atoms with van der Waals surface area (Å²) in [6.45, 7) is 0. The van der Waals surface area contributed by atoms with Crippen LogP contribution in [0.3, 0.4) is 0 Å². The lowest BCUT2D eigenvalue weighted by Crippen LogP contribution is -2.27. The van der Waals surface area contributed by atoms with Gasteiger partial charge in [0.2, 0.25) is 0 Å². The summed E-state index contributed by atoms with van der Waals surface area (Å²) in [7, 11) is 3.12. The van der Waals surface area contributed by atoms with E-state index >= 15 is 0 Å². The topological polar surface area (TPSA) is 60.3 Å². The number of rotatable bonds is 3. The van der Waals surface area contributed by atoms with Crippen LogP contribution in [0.15, 0.2) is 47.4 Å². The maximum absolute atomic E-state index is 12.1. The van der Waals surface area contributed by atoms with Gasteiger partial charge in [0.25, 0.3) is 11.5 Å². The molecule has 0 saturated heterocycles. The van der Waals surface area contributed by atoms with Crippen LogP contribution in [0.4, 0.5) is 5.69 Å². The monoisotopic (exact) mass is 258 g/mol. The third-order valence-electron chi connectivity index (χ3n) is 2.72. The Bertz CT molecular complexity index is 662. The van der Waals surface area contributed by atoms with E-state index in [1.54, 1.807) is 43.6 Å². The minimum Gasteiger partial charge on any atom is -0.495 e. The number of para-hydroxylation sites is 2. The molecule has 0 aliphatic heterocycles. The van der Waals surface area contributed by atoms with Gasteiger partial charge in [-0.25, -0.2) is 0 Å². The average Bonchev–Trinajstić information content (AvgIpc) is 2.42. The van der Waals surface area contributed by atoms with Gasteiger partial charge in [0, 0.05) is 13.2 Å². The smallest absolute Gasteiger partial charge is 0.263 e. The highest BCUT2D eigenvalue weighted by atomic mass is 16.5. The number of aryl methyl sites for hydroxylation is 1. The minimum absolute atomic E-state index is 0.0934. The molecule has 2 rings (SSSR count). The van der Waals surface area contributed by atoms with Crippen LogP contribution in [0, 0.1) is 0 Å². The van der Waals surface area contributed by atoms with Crippen LogP contribution in [0.2, 0.25) is 0 Å². The van der Waals surface area contributed by atoms with Gasteiger partial charge < -0.3 is 14.6 Å². The zero-order valence-corrected chi connectivity index (χ0v) is 10.7. The molecule has 1 aromatic carbocycles. The Morgan fingerprint density at radius 3 is 2.68 bits per heavy atom. The highest BCUT2D eigenvalue weighted by Gasteiger charge is 2.13. The normalized spacial score (nSPS) is 10.0. The second-order valence-corrected chi connectivity index (χ2v) is 3.99. The molecule has 0 saturated carbocycles. The Morgan fingerprint density at radius 1 is 1.21 bits per heavy atom. The molecule has 0 bridgehead atoms. The zero-order valence-electron chi connectivity index (χ0n) is 10.7. The largest absolute Gasteiger partial charge is 0.495 e. The van der Waals surface area contributed by atoms with E-state index in [0.29, 0.717) is 11.4 Å². The standard InChI is InChI=1S/C14H14N2O3/c1-16-9-5-6-10(14(16)18)13(17)15-11-7-3-4-8-12(11)19-2/h3-9H,1-2H3,(H,15,17). The van der Waals surface area contributed by atoms with E-state index in [2.05, 4.69) is 5.32 Å². The number of amides is 1. The maximum Gasteiger partial charge on any atom is 0.263 e. The Labute approximate surface area is 110 Å². The third-order valence-corrected chi connectivity index (χ3v) is 2.72. The molecule has 0 unspecified atom stereocenters. The van der Waals surface area contributed by atoms with Crippen LogP contribution in [-0.4, -0.2) is 17.6 Å². The molecule has 1 N–H and O–H groups in total. The number of hydrogen-bond donors (Lipinski definition) is 1. The molecule has 98 valence electrons. The zero-order chi connectivity index (χ0) is 13.8. The summed E-state index contributed by atoms with van der Waals surface area (Å²) in [4.78, 5) is 23.9. The molecular formula is C14H14N2O3. The van der Waals surface area contributed by atoms with Gasteiger partial charge in [-0.2, -0.15) is 0 Å². The second kappa shape index (κ2) is 5.39. The van der Waals surface area contributed by atoms with Crippen molar-refractivity contribution in [1.29, 1.82) is 0 Å². The van der Waals surface area contributed by atoms with Gasteiger partial charge in [-0.1, -0.05) is 12.1 Å².